The smallest absolute Gasteiger partial charge is 0.312 e. The lowest BCUT2D eigenvalue weighted by Crippen LogP contribution is -2.20. The zero-order chi connectivity index (χ0) is 11.8. The number of ether oxygens (including phenoxy) is 1. The third kappa shape index (κ3) is 2.05. The van der Waals surface area contributed by atoms with Gasteiger partial charge in [0.05, 0.1) is 12.5 Å². The summed E-state index contributed by atoms with van der Waals surface area (Å²) in [6.45, 7) is 0. The molecule has 1 aliphatic rings. The van der Waals surface area contributed by atoms with Crippen molar-refractivity contribution >= 4 is 17.6 Å². The van der Waals surface area contributed by atoms with Crippen LogP contribution in [0.15, 0.2) is 18.2 Å². The van der Waals surface area contributed by atoms with Crippen LogP contribution < -0.4 is 0 Å². The molecule has 0 saturated heterocycles. The zero-order valence-electron chi connectivity index (χ0n) is 8.93. The average Bonchev–Trinajstić information content (AvgIpc) is 3.03. The van der Waals surface area contributed by atoms with Gasteiger partial charge in [-0.25, -0.2) is 4.39 Å². The highest BCUT2D eigenvalue weighted by Gasteiger charge is 2.51. The second-order valence-electron chi connectivity index (χ2n) is 4.18. The maximum absolute atomic E-state index is 13.5. The van der Waals surface area contributed by atoms with Crippen LogP contribution in [0, 0.1) is 11.2 Å². The van der Waals surface area contributed by atoms with Crippen LogP contribution >= 0.6 is 11.6 Å². The van der Waals surface area contributed by atoms with Gasteiger partial charge in [0.1, 0.15) is 5.82 Å². The summed E-state index contributed by atoms with van der Waals surface area (Å²) < 4.78 is 18.2. The normalized spacial score (nSPS) is 16.9. The van der Waals surface area contributed by atoms with Gasteiger partial charge in [0.25, 0.3) is 0 Å². The molecule has 0 atom stereocenters. The summed E-state index contributed by atoms with van der Waals surface area (Å²) in [4.78, 5) is 11.5. The number of carbonyl (C=O) groups is 1. The highest BCUT2D eigenvalue weighted by Crippen LogP contribution is 2.49. The molecule has 4 heteroatoms. The Bertz CT molecular complexity index is 427. The van der Waals surface area contributed by atoms with Crippen molar-refractivity contribution in [2.75, 3.05) is 7.11 Å². The molecule has 0 amide bonds. The maximum Gasteiger partial charge on any atom is 0.312 e. The Morgan fingerprint density at radius 2 is 2.25 bits per heavy atom. The third-order valence-corrected chi connectivity index (χ3v) is 3.24. The quantitative estimate of drug-likeness (QED) is 0.762. The van der Waals surface area contributed by atoms with Gasteiger partial charge < -0.3 is 4.74 Å². The molecule has 1 fully saturated rings. The van der Waals surface area contributed by atoms with Crippen molar-refractivity contribution in [2.45, 2.75) is 19.3 Å². The van der Waals surface area contributed by atoms with Crippen LogP contribution in [0.2, 0.25) is 5.02 Å². The first-order valence-corrected chi connectivity index (χ1v) is 5.47. The van der Waals surface area contributed by atoms with Crippen molar-refractivity contribution in [3.8, 4) is 0 Å². The molecule has 1 aromatic rings. The number of halogens is 2. The number of carbonyl (C=O) groups excluding carboxylic acids is 1. The summed E-state index contributed by atoms with van der Waals surface area (Å²) in [6, 6.07) is 4.39. The average molecular weight is 243 g/mol. The van der Waals surface area contributed by atoms with Gasteiger partial charge in [-0.3, -0.25) is 4.79 Å². The van der Waals surface area contributed by atoms with E-state index in [1.807, 2.05) is 0 Å². The predicted molar refractivity (Wildman–Crippen MR) is 58.8 cm³/mol. The second kappa shape index (κ2) is 4.06. The molecule has 16 heavy (non-hydrogen) atoms. The summed E-state index contributed by atoms with van der Waals surface area (Å²) in [5.74, 6) is -0.577. The highest BCUT2D eigenvalue weighted by atomic mass is 35.5. The summed E-state index contributed by atoms with van der Waals surface area (Å²) in [7, 11) is 1.36. The third-order valence-electron chi connectivity index (χ3n) is 3.01. The number of hydrogen-bond acceptors (Lipinski definition) is 2. The van der Waals surface area contributed by atoms with Crippen LogP contribution in [0.4, 0.5) is 4.39 Å². The lowest BCUT2D eigenvalue weighted by Gasteiger charge is -2.13. The van der Waals surface area contributed by atoms with Gasteiger partial charge >= 0.3 is 5.97 Å². The van der Waals surface area contributed by atoms with Gasteiger partial charge in [0.2, 0.25) is 0 Å². The Kier molecular flexibility index (Phi) is 2.89. The van der Waals surface area contributed by atoms with Gasteiger partial charge in [0.15, 0.2) is 0 Å². The molecule has 2 rings (SSSR count). The molecule has 1 saturated carbocycles. The van der Waals surface area contributed by atoms with Crippen LogP contribution in [0.3, 0.4) is 0 Å². The van der Waals surface area contributed by atoms with Crippen LogP contribution in [-0.2, 0) is 16.0 Å². The van der Waals surface area contributed by atoms with Crippen molar-refractivity contribution in [2.24, 2.45) is 5.41 Å². The molecule has 0 N–H and O–H groups in total. The monoisotopic (exact) mass is 242 g/mol. The molecule has 0 radical (unpaired) electrons. The van der Waals surface area contributed by atoms with E-state index < -0.39 is 5.41 Å². The lowest BCUT2D eigenvalue weighted by atomic mass is 9.96. The van der Waals surface area contributed by atoms with Crippen molar-refractivity contribution in [3.63, 3.8) is 0 Å². The minimum atomic E-state index is -0.514. The Balaban J connectivity index is 2.21. The lowest BCUT2D eigenvalue weighted by molar-refractivity contribution is -0.147. The predicted octanol–water partition coefficient (Wildman–Crippen LogP) is 2.97. The van der Waals surface area contributed by atoms with E-state index in [9.17, 15) is 9.18 Å². The molecular formula is C12H12ClFO2. The summed E-state index contributed by atoms with van der Waals surface area (Å²) >= 11 is 5.80. The van der Waals surface area contributed by atoms with E-state index in [4.69, 9.17) is 16.3 Å². The second-order valence-corrected chi connectivity index (χ2v) is 4.62. The fourth-order valence-electron chi connectivity index (χ4n) is 1.86. The molecule has 0 unspecified atom stereocenters. The number of benzene rings is 1. The first kappa shape index (κ1) is 11.4. The van der Waals surface area contributed by atoms with Gasteiger partial charge in [-0.05, 0) is 43.0 Å². The topological polar surface area (TPSA) is 26.3 Å². The summed E-state index contributed by atoms with van der Waals surface area (Å²) in [5.41, 5.74) is -0.0318. The van der Waals surface area contributed by atoms with E-state index in [2.05, 4.69) is 0 Å². The number of hydrogen-bond donors (Lipinski definition) is 0. The van der Waals surface area contributed by atoms with Crippen LogP contribution in [0.1, 0.15) is 18.4 Å². The van der Waals surface area contributed by atoms with Crippen molar-refractivity contribution in [1.29, 1.82) is 0 Å². The van der Waals surface area contributed by atoms with Gasteiger partial charge in [-0.15, -0.1) is 0 Å². The van der Waals surface area contributed by atoms with Crippen molar-refractivity contribution in [1.82, 2.24) is 0 Å². The molecule has 1 aliphatic carbocycles. The maximum atomic E-state index is 13.5. The number of rotatable bonds is 3. The molecular weight excluding hydrogens is 231 g/mol. The van der Waals surface area contributed by atoms with E-state index in [1.54, 1.807) is 6.07 Å². The minimum absolute atomic E-state index is 0.258. The summed E-state index contributed by atoms with van der Waals surface area (Å²) in [5, 5.41) is 0.483. The Labute approximate surface area is 98.4 Å². The molecule has 0 aromatic heterocycles. The molecule has 0 heterocycles. The van der Waals surface area contributed by atoms with Crippen molar-refractivity contribution in [3.05, 3.63) is 34.6 Å². The molecule has 0 bridgehead atoms. The first-order valence-electron chi connectivity index (χ1n) is 5.10. The van der Waals surface area contributed by atoms with Gasteiger partial charge in [0, 0.05) is 5.02 Å². The van der Waals surface area contributed by atoms with Gasteiger partial charge in [-0.1, -0.05) is 11.6 Å². The fourth-order valence-corrected chi connectivity index (χ4v) is 2.06. The zero-order valence-corrected chi connectivity index (χ0v) is 9.68. The van der Waals surface area contributed by atoms with Gasteiger partial charge in [-0.2, -0.15) is 0 Å². The van der Waals surface area contributed by atoms with E-state index in [1.165, 1.54) is 19.2 Å². The van der Waals surface area contributed by atoms with E-state index >= 15 is 0 Å². The molecule has 1 aromatic carbocycles. The van der Waals surface area contributed by atoms with Crippen LogP contribution in [0.5, 0.6) is 0 Å². The largest absolute Gasteiger partial charge is 0.469 e. The standard InChI is InChI=1S/C12H12ClFO2/c1-16-11(15)12(4-5-12)7-8-6-9(13)2-3-10(8)14/h2-3,6H,4-5,7H2,1H3. The van der Waals surface area contributed by atoms with E-state index in [0.29, 0.717) is 17.0 Å². The SMILES string of the molecule is COC(=O)C1(Cc2cc(Cl)ccc2F)CC1. The Hall–Kier alpha value is -1.09. The van der Waals surface area contributed by atoms with Crippen LogP contribution in [0.25, 0.3) is 0 Å². The van der Waals surface area contributed by atoms with Crippen molar-refractivity contribution < 1.29 is 13.9 Å². The Morgan fingerprint density at radius 3 is 2.81 bits per heavy atom. The molecule has 2 nitrogen and oxygen atoms in total. The van der Waals surface area contributed by atoms with E-state index in [-0.39, 0.29) is 11.8 Å². The highest BCUT2D eigenvalue weighted by molar-refractivity contribution is 6.30. The Morgan fingerprint density at radius 1 is 1.56 bits per heavy atom. The minimum Gasteiger partial charge on any atom is -0.469 e. The first-order chi connectivity index (χ1) is 7.57. The molecule has 86 valence electrons. The van der Waals surface area contributed by atoms with E-state index in [0.717, 1.165) is 12.8 Å². The summed E-state index contributed by atoms with van der Waals surface area (Å²) in [6.07, 6.45) is 1.88. The molecule has 0 spiro atoms. The number of esters is 1. The fraction of sp³-hybridized carbons (Fsp3) is 0.417. The molecule has 0 aliphatic heterocycles. The van der Waals surface area contributed by atoms with Crippen LogP contribution in [-0.4, -0.2) is 13.1 Å². The number of methoxy groups -OCH3 is 1.